The molecule has 0 saturated carbocycles. The van der Waals surface area contributed by atoms with Crippen LogP contribution in [-0.4, -0.2) is 39.5 Å². The number of nitrogens with one attached hydrogen (secondary N) is 1. The molecule has 0 bridgehead atoms. The quantitative estimate of drug-likeness (QED) is 0.703. The Morgan fingerprint density at radius 3 is 3.21 bits per heavy atom. The third-order valence-corrected chi connectivity index (χ3v) is 2.23. The Morgan fingerprint density at radius 2 is 2.57 bits per heavy atom. The molecular formula is C8H15N5O. The molecule has 6 nitrogen and oxygen atoms in total. The van der Waals surface area contributed by atoms with Gasteiger partial charge in [-0.1, -0.05) is 0 Å². The van der Waals surface area contributed by atoms with Crippen LogP contribution in [0.5, 0.6) is 0 Å². The van der Waals surface area contributed by atoms with Gasteiger partial charge in [-0.2, -0.15) is 4.80 Å². The van der Waals surface area contributed by atoms with Gasteiger partial charge in [-0.15, -0.1) is 10.2 Å². The topological polar surface area (TPSA) is 64.9 Å². The Hall–Kier alpha value is -1.01. The summed E-state index contributed by atoms with van der Waals surface area (Å²) in [5, 5.41) is 14.9. The minimum atomic E-state index is 0.367. The maximum absolute atomic E-state index is 5.47. The second kappa shape index (κ2) is 4.47. The highest BCUT2D eigenvalue weighted by Gasteiger charge is 2.14. The van der Waals surface area contributed by atoms with E-state index in [1.54, 1.807) is 7.05 Å². The largest absolute Gasteiger partial charge is 0.377 e. The number of hydrogen-bond acceptors (Lipinski definition) is 5. The van der Waals surface area contributed by atoms with Crippen LogP contribution in [0.1, 0.15) is 18.7 Å². The van der Waals surface area contributed by atoms with Crippen LogP contribution in [0.15, 0.2) is 0 Å². The SMILES string of the molecule is Cn1nnc(CNCC2CCCO2)n1. The van der Waals surface area contributed by atoms with Crippen molar-refractivity contribution in [3.8, 4) is 0 Å². The highest BCUT2D eigenvalue weighted by molar-refractivity contribution is 4.76. The standard InChI is InChI=1S/C8H15N5O/c1-13-11-8(10-12-13)6-9-5-7-3-2-4-14-7/h7,9H,2-6H2,1H3. The van der Waals surface area contributed by atoms with Crippen LogP contribution in [0.3, 0.4) is 0 Å². The summed E-state index contributed by atoms with van der Waals surface area (Å²) in [6.07, 6.45) is 2.70. The highest BCUT2D eigenvalue weighted by Crippen LogP contribution is 2.10. The third-order valence-electron chi connectivity index (χ3n) is 2.23. The van der Waals surface area contributed by atoms with E-state index in [0.29, 0.717) is 12.6 Å². The zero-order valence-corrected chi connectivity index (χ0v) is 8.31. The van der Waals surface area contributed by atoms with Crippen molar-refractivity contribution < 1.29 is 4.74 Å². The normalized spacial score (nSPS) is 21.6. The van der Waals surface area contributed by atoms with Crippen molar-refractivity contribution in [3.63, 3.8) is 0 Å². The maximum atomic E-state index is 5.47. The molecule has 14 heavy (non-hydrogen) atoms. The van der Waals surface area contributed by atoms with Crippen molar-refractivity contribution in [3.05, 3.63) is 5.82 Å². The minimum absolute atomic E-state index is 0.367. The van der Waals surface area contributed by atoms with Crippen LogP contribution in [0, 0.1) is 0 Å². The molecule has 1 saturated heterocycles. The first-order chi connectivity index (χ1) is 6.84. The molecule has 0 aromatic carbocycles. The summed E-state index contributed by atoms with van der Waals surface area (Å²) in [6.45, 7) is 2.43. The van der Waals surface area contributed by atoms with Gasteiger partial charge in [-0.3, -0.25) is 0 Å². The zero-order valence-electron chi connectivity index (χ0n) is 8.31. The van der Waals surface area contributed by atoms with Gasteiger partial charge in [0.15, 0.2) is 5.82 Å². The number of tetrazole rings is 1. The van der Waals surface area contributed by atoms with Gasteiger partial charge in [-0.25, -0.2) is 0 Å². The summed E-state index contributed by atoms with van der Waals surface area (Å²) in [6, 6.07) is 0. The first-order valence-corrected chi connectivity index (χ1v) is 4.90. The van der Waals surface area contributed by atoms with Crippen molar-refractivity contribution in [2.75, 3.05) is 13.2 Å². The van der Waals surface area contributed by atoms with Gasteiger partial charge in [-0.05, 0) is 18.1 Å². The fourth-order valence-corrected chi connectivity index (χ4v) is 1.54. The first kappa shape index (κ1) is 9.54. The van der Waals surface area contributed by atoms with Gasteiger partial charge in [0.2, 0.25) is 0 Å². The molecule has 78 valence electrons. The summed E-state index contributed by atoms with van der Waals surface area (Å²) in [5.74, 6) is 0.727. The lowest BCUT2D eigenvalue weighted by Gasteiger charge is -2.08. The van der Waals surface area contributed by atoms with E-state index >= 15 is 0 Å². The van der Waals surface area contributed by atoms with E-state index in [1.807, 2.05) is 0 Å². The van der Waals surface area contributed by atoms with Gasteiger partial charge in [0.05, 0.1) is 19.7 Å². The van der Waals surface area contributed by atoms with Crippen molar-refractivity contribution >= 4 is 0 Å². The second-order valence-corrected chi connectivity index (χ2v) is 3.46. The minimum Gasteiger partial charge on any atom is -0.377 e. The van der Waals surface area contributed by atoms with E-state index < -0.39 is 0 Å². The Morgan fingerprint density at radius 1 is 1.64 bits per heavy atom. The van der Waals surface area contributed by atoms with E-state index in [-0.39, 0.29) is 0 Å². The molecule has 1 N–H and O–H groups in total. The maximum Gasteiger partial charge on any atom is 0.188 e. The molecule has 0 spiro atoms. The molecule has 1 aliphatic rings. The van der Waals surface area contributed by atoms with Gasteiger partial charge < -0.3 is 10.1 Å². The van der Waals surface area contributed by atoms with Crippen molar-refractivity contribution in [2.45, 2.75) is 25.5 Å². The predicted octanol–water partition coefficient (Wildman–Crippen LogP) is -0.521. The molecule has 1 aliphatic heterocycles. The van der Waals surface area contributed by atoms with Crippen molar-refractivity contribution in [1.29, 1.82) is 0 Å². The van der Waals surface area contributed by atoms with E-state index in [4.69, 9.17) is 4.74 Å². The van der Waals surface area contributed by atoms with E-state index in [2.05, 4.69) is 20.7 Å². The fraction of sp³-hybridized carbons (Fsp3) is 0.875. The Bertz CT molecular complexity index is 281. The average molecular weight is 197 g/mol. The molecule has 2 heterocycles. The van der Waals surface area contributed by atoms with Crippen molar-refractivity contribution in [2.24, 2.45) is 7.05 Å². The van der Waals surface area contributed by atoms with Crippen LogP contribution < -0.4 is 5.32 Å². The first-order valence-electron chi connectivity index (χ1n) is 4.90. The number of rotatable bonds is 4. The number of nitrogens with zero attached hydrogens (tertiary/aromatic N) is 4. The third kappa shape index (κ3) is 2.49. The molecule has 1 aromatic rings. The lowest BCUT2D eigenvalue weighted by molar-refractivity contribution is 0.110. The lowest BCUT2D eigenvalue weighted by atomic mass is 10.2. The Kier molecular flexibility index (Phi) is 3.05. The summed E-state index contributed by atoms with van der Waals surface area (Å²) in [7, 11) is 1.76. The lowest BCUT2D eigenvalue weighted by Crippen LogP contribution is -2.26. The number of aryl methyl sites for hydroxylation is 1. The number of hydrogen-bond donors (Lipinski definition) is 1. The zero-order chi connectivity index (χ0) is 9.80. The van der Waals surface area contributed by atoms with E-state index in [0.717, 1.165) is 25.4 Å². The van der Waals surface area contributed by atoms with E-state index in [9.17, 15) is 0 Å². The summed E-state index contributed by atoms with van der Waals surface area (Å²) in [4.78, 5) is 1.46. The Labute approximate surface area is 82.6 Å². The Balaban J connectivity index is 1.67. The summed E-state index contributed by atoms with van der Waals surface area (Å²) < 4.78 is 5.47. The highest BCUT2D eigenvalue weighted by atomic mass is 16.5. The fourth-order valence-electron chi connectivity index (χ4n) is 1.54. The molecule has 0 aliphatic carbocycles. The van der Waals surface area contributed by atoms with Gasteiger partial charge in [0.25, 0.3) is 0 Å². The van der Waals surface area contributed by atoms with Gasteiger partial charge >= 0.3 is 0 Å². The van der Waals surface area contributed by atoms with Gasteiger partial charge in [0.1, 0.15) is 0 Å². The van der Waals surface area contributed by atoms with Gasteiger partial charge in [0, 0.05) is 13.2 Å². The molecule has 6 heteroatoms. The molecule has 1 unspecified atom stereocenters. The van der Waals surface area contributed by atoms with Crippen molar-refractivity contribution in [1.82, 2.24) is 25.5 Å². The van der Waals surface area contributed by atoms with E-state index in [1.165, 1.54) is 11.2 Å². The summed E-state index contributed by atoms with van der Waals surface area (Å²) >= 11 is 0. The molecule has 0 amide bonds. The molecular weight excluding hydrogens is 182 g/mol. The average Bonchev–Trinajstić information content (AvgIpc) is 2.77. The van der Waals surface area contributed by atoms with Crippen LogP contribution >= 0.6 is 0 Å². The van der Waals surface area contributed by atoms with Crippen LogP contribution in [0.4, 0.5) is 0 Å². The van der Waals surface area contributed by atoms with Crippen LogP contribution in [0.25, 0.3) is 0 Å². The molecule has 0 radical (unpaired) electrons. The molecule has 1 aromatic heterocycles. The number of ether oxygens (including phenoxy) is 1. The number of aromatic nitrogens is 4. The molecule has 1 atom stereocenters. The van der Waals surface area contributed by atoms with Crippen LogP contribution in [0.2, 0.25) is 0 Å². The smallest absolute Gasteiger partial charge is 0.188 e. The second-order valence-electron chi connectivity index (χ2n) is 3.46. The molecule has 2 rings (SSSR count). The monoisotopic (exact) mass is 197 g/mol. The molecule has 1 fully saturated rings. The summed E-state index contributed by atoms with van der Waals surface area (Å²) in [5.41, 5.74) is 0. The predicted molar refractivity (Wildman–Crippen MR) is 49.5 cm³/mol. The van der Waals surface area contributed by atoms with Crippen LogP contribution in [-0.2, 0) is 18.3 Å².